The highest BCUT2D eigenvalue weighted by Gasteiger charge is 2.05. The van der Waals surface area contributed by atoms with E-state index in [0.29, 0.717) is 0 Å². The Hall–Kier alpha value is -2.88. The molecule has 0 bridgehead atoms. The highest BCUT2D eigenvalue weighted by Crippen LogP contribution is 2.18. The zero-order valence-electron chi connectivity index (χ0n) is 10.6. The fraction of sp³-hybridized carbons (Fsp3) is 0. The molecule has 1 heterocycles. The second kappa shape index (κ2) is 5.01. The first-order chi connectivity index (χ1) is 9.74. The van der Waals surface area contributed by atoms with Crippen LogP contribution < -0.4 is 0 Å². The molecule has 2 aromatic carbocycles. The van der Waals surface area contributed by atoms with E-state index >= 15 is 0 Å². The molecule has 0 fully saturated rings. The van der Waals surface area contributed by atoms with Gasteiger partial charge in [0.2, 0.25) is 0 Å². The number of aromatic nitrogens is 2. The molecule has 0 saturated carbocycles. The summed E-state index contributed by atoms with van der Waals surface area (Å²) >= 11 is 0. The molecule has 1 N–H and O–H groups in total. The first kappa shape index (κ1) is 12.2. The number of imidazole rings is 1. The number of hydrogen-bond donors (Lipinski definition) is 1. The summed E-state index contributed by atoms with van der Waals surface area (Å²) in [5, 5.41) is 8.88. The van der Waals surface area contributed by atoms with Crippen molar-refractivity contribution in [2.45, 2.75) is 0 Å². The van der Waals surface area contributed by atoms with Crippen LogP contribution in [0.1, 0.15) is 10.4 Å². The van der Waals surface area contributed by atoms with E-state index in [1.165, 1.54) is 0 Å². The fourth-order valence-corrected chi connectivity index (χ4v) is 2.00. The lowest BCUT2D eigenvalue weighted by Gasteiger charge is -2.02. The van der Waals surface area contributed by atoms with E-state index in [1.807, 2.05) is 41.1 Å². The van der Waals surface area contributed by atoms with Crippen LogP contribution in [0, 0.1) is 0 Å². The molecule has 20 heavy (non-hydrogen) atoms. The molecule has 0 spiro atoms. The predicted octanol–water partition coefficient (Wildman–Crippen LogP) is 3.24. The van der Waals surface area contributed by atoms with Crippen molar-refractivity contribution in [1.82, 2.24) is 9.55 Å². The molecule has 0 aliphatic carbocycles. The zero-order chi connectivity index (χ0) is 13.9. The average Bonchev–Trinajstić information content (AvgIpc) is 2.98. The average molecular weight is 264 g/mol. The Balaban J connectivity index is 1.92. The lowest BCUT2D eigenvalue weighted by molar-refractivity contribution is 0.0697. The third-order valence-electron chi connectivity index (χ3n) is 3.06. The van der Waals surface area contributed by atoms with Crippen LogP contribution in [0.15, 0.2) is 67.1 Å². The van der Waals surface area contributed by atoms with Gasteiger partial charge in [0.15, 0.2) is 0 Å². The molecule has 0 amide bonds. The Bertz CT molecular complexity index is 731. The van der Waals surface area contributed by atoms with Crippen molar-refractivity contribution in [2.24, 2.45) is 0 Å². The summed E-state index contributed by atoms with van der Waals surface area (Å²) in [5.41, 5.74) is 3.09. The molecule has 0 aliphatic heterocycles. The van der Waals surface area contributed by atoms with E-state index in [-0.39, 0.29) is 5.56 Å². The maximum atomic E-state index is 10.8. The molecule has 98 valence electrons. The van der Waals surface area contributed by atoms with E-state index in [0.717, 1.165) is 16.9 Å². The Morgan fingerprint density at radius 2 is 1.70 bits per heavy atom. The van der Waals surface area contributed by atoms with E-state index in [9.17, 15) is 4.79 Å². The minimum Gasteiger partial charge on any atom is -0.478 e. The molecule has 3 aromatic rings. The molecular formula is C16H12N2O2. The number of aromatic carboxylic acids is 1. The van der Waals surface area contributed by atoms with Gasteiger partial charge >= 0.3 is 5.97 Å². The van der Waals surface area contributed by atoms with Gasteiger partial charge in [0.1, 0.15) is 0 Å². The highest BCUT2D eigenvalue weighted by molar-refractivity contribution is 5.87. The van der Waals surface area contributed by atoms with Crippen LogP contribution in [0.2, 0.25) is 0 Å². The molecule has 0 saturated heterocycles. The topological polar surface area (TPSA) is 55.1 Å². The second-order valence-electron chi connectivity index (χ2n) is 4.38. The van der Waals surface area contributed by atoms with Gasteiger partial charge in [-0.25, -0.2) is 9.78 Å². The van der Waals surface area contributed by atoms with Crippen LogP contribution in [-0.4, -0.2) is 20.6 Å². The Kier molecular flexibility index (Phi) is 3.05. The second-order valence-corrected chi connectivity index (χ2v) is 4.38. The van der Waals surface area contributed by atoms with Crippen LogP contribution in [0.5, 0.6) is 0 Å². The van der Waals surface area contributed by atoms with Gasteiger partial charge in [-0.05, 0) is 24.3 Å². The van der Waals surface area contributed by atoms with Gasteiger partial charge in [-0.3, -0.25) is 0 Å². The van der Waals surface area contributed by atoms with Gasteiger partial charge in [0.25, 0.3) is 0 Å². The molecule has 0 unspecified atom stereocenters. The third kappa shape index (κ3) is 2.31. The number of carboxylic acid groups (broad SMARTS) is 1. The van der Waals surface area contributed by atoms with Crippen molar-refractivity contribution in [3.8, 4) is 16.9 Å². The molecule has 0 aliphatic rings. The van der Waals surface area contributed by atoms with Crippen LogP contribution in [-0.2, 0) is 0 Å². The van der Waals surface area contributed by atoms with E-state index in [1.54, 1.807) is 30.6 Å². The Labute approximate surface area is 116 Å². The van der Waals surface area contributed by atoms with Crippen LogP contribution in [0.4, 0.5) is 0 Å². The molecule has 0 atom stereocenters. The fourth-order valence-electron chi connectivity index (χ4n) is 2.00. The zero-order valence-corrected chi connectivity index (χ0v) is 10.6. The lowest BCUT2D eigenvalue weighted by Crippen LogP contribution is -1.97. The number of carboxylic acids is 1. The van der Waals surface area contributed by atoms with Crippen LogP contribution in [0.25, 0.3) is 16.9 Å². The summed E-state index contributed by atoms with van der Waals surface area (Å²) in [4.78, 5) is 15.2. The van der Waals surface area contributed by atoms with Crippen molar-refractivity contribution in [3.63, 3.8) is 0 Å². The van der Waals surface area contributed by atoms with E-state index < -0.39 is 5.97 Å². The van der Waals surface area contributed by atoms with Crippen molar-refractivity contribution in [1.29, 1.82) is 0 Å². The van der Waals surface area contributed by atoms with E-state index in [4.69, 9.17) is 5.11 Å². The minimum absolute atomic E-state index is 0.275. The standard InChI is InChI=1S/C16H12N2O2/c19-16(20)13-6-8-14(9-7-13)18-10-15(17-11-18)12-4-2-1-3-5-12/h1-11H,(H,19,20). The number of rotatable bonds is 3. The van der Waals surface area contributed by atoms with Crippen LogP contribution in [0.3, 0.4) is 0 Å². The van der Waals surface area contributed by atoms with Crippen molar-refractivity contribution in [3.05, 3.63) is 72.7 Å². The molecule has 0 radical (unpaired) electrons. The van der Waals surface area contributed by atoms with E-state index in [2.05, 4.69) is 4.98 Å². The molecule has 3 rings (SSSR count). The molecule has 4 heteroatoms. The molecule has 1 aromatic heterocycles. The van der Waals surface area contributed by atoms with Crippen molar-refractivity contribution >= 4 is 5.97 Å². The van der Waals surface area contributed by atoms with Crippen molar-refractivity contribution < 1.29 is 9.90 Å². The summed E-state index contributed by atoms with van der Waals surface area (Å²) in [6.45, 7) is 0. The lowest BCUT2D eigenvalue weighted by atomic mass is 10.2. The number of nitrogens with zero attached hydrogens (tertiary/aromatic N) is 2. The van der Waals surface area contributed by atoms with Gasteiger partial charge in [-0.2, -0.15) is 0 Å². The number of benzene rings is 2. The summed E-state index contributed by atoms with van der Waals surface area (Å²) < 4.78 is 1.87. The number of hydrogen-bond acceptors (Lipinski definition) is 2. The molecular weight excluding hydrogens is 252 g/mol. The van der Waals surface area contributed by atoms with Crippen molar-refractivity contribution in [2.75, 3.05) is 0 Å². The Morgan fingerprint density at radius 3 is 2.35 bits per heavy atom. The smallest absolute Gasteiger partial charge is 0.335 e. The highest BCUT2D eigenvalue weighted by atomic mass is 16.4. The third-order valence-corrected chi connectivity index (χ3v) is 3.06. The van der Waals surface area contributed by atoms with Gasteiger partial charge < -0.3 is 9.67 Å². The monoisotopic (exact) mass is 264 g/mol. The van der Waals surface area contributed by atoms with Crippen LogP contribution >= 0.6 is 0 Å². The summed E-state index contributed by atoms with van der Waals surface area (Å²) in [6.07, 6.45) is 3.64. The van der Waals surface area contributed by atoms with Gasteiger partial charge in [0, 0.05) is 17.4 Å². The first-order valence-corrected chi connectivity index (χ1v) is 6.17. The summed E-state index contributed by atoms with van der Waals surface area (Å²) in [6, 6.07) is 16.6. The van der Waals surface area contributed by atoms with Gasteiger partial charge in [0.05, 0.1) is 17.6 Å². The Morgan fingerprint density at radius 1 is 1.00 bits per heavy atom. The largest absolute Gasteiger partial charge is 0.478 e. The maximum Gasteiger partial charge on any atom is 0.335 e. The van der Waals surface area contributed by atoms with Gasteiger partial charge in [-0.1, -0.05) is 30.3 Å². The summed E-state index contributed by atoms with van der Waals surface area (Å²) in [7, 11) is 0. The SMILES string of the molecule is O=C(O)c1ccc(-n2cnc(-c3ccccc3)c2)cc1. The quantitative estimate of drug-likeness (QED) is 0.790. The maximum absolute atomic E-state index is 10.8. The normalized spacial score (nSPS) is 10.4. The van der Waals surface area contributed by atoms with Gasteiger partial charge in [-0.15, -0.1) is 0 Å². The minimum atomic E-state index is -0.924. The number of carbonyl (C=O) groups is 1. The first-order valence-electron chi connectivity index (χ1n) is 6.17. The summed E-state index contributed by atoms with van der Waals surface area (Å²) in [5.74, 6) is -0.924. The molecule has 4 nitrogen and oxygen atoms in total. The predicted molar refractivity (Wildman–Crippen MR) is 76.0 cm³/mol.